The SMILES string of the molecule is C1#CCOCc2ccc(cc2)OCCCCOc2ccc(cc2)COCC#C1. The van der Waals surface area contributed by atoms with E-state index in [1.165, 1.54) is 0 Å². The standard InChI is InChI=1S/C24H24O4/c1-2-4-16-26-20-22-9-13-24(14-10-22)28-18-6-5-17-27-23-11-7-21(8-12-23)19-25-15-3-1/h7-14H,5-6,15-20H2. The van der Waals surface area contributed by atoms with Crippen LogP contribution in [0, 0.1) is 23.7 Å². The molecule has 0 radical (unpaired) electrons. The minimum absolute atomic E-state index is 0.349. The number of rotatable bonds is 0. The van der Waals surface area contributed by atoms with E-state index in [-0.39, 0.29) is 0 Å². The van der Waals surface area contributed by atoms with Gasteiger partial charge in [-0.3, -0.25) is 0 Å². The molecule has 28 heavy (non-hydrogen) atoms. The number of benzene rings is 2. The van der Waals surface area contributed by atoms with Crippen LogP contribution in [-0.4, -0.2) is 26.4 Å². The molecule has 2 aromatic carbocycles. The molecule has 4 heteroatoms. The monoisotopic (exact) mass is 376 g/mol. The Kier molecular flexibility index (Phi) is 8.30. The van der Waals surface area contributed by atoms with Gasteiger partial charge < -0.3 is 18.9 Å². The Morgan fingerprint density at radius 2 is 1.00 bits per heavy atom. The van der Waals surface area contributed by atoms with E-state index >= 15 is 0 Å². The molecule has 2 aromatic rings. The molecular weight excluding hydrogens is 352 g/mol. The number of hydrogen-bond donors (Lipinski definition) is 0. The first-order valence-corrected chi connectivity index (χ1v) is 9.45. The molecule has 4 nitrogen and oxygen atoms in total. The van der Waals surface area contributed by atoms with Crippen molar-refractivity contribution in [1.29, 1.82) is 0 Å². The Labute approximate surface area is 166 Å². The van der Waals surface area contributed by atoms with Crippen LogP contribution in [0.15, 0.2) is 48.5 Å². The average Bonchev–Trinajstić information content (AvgIpc) is 2.73. The van der Waals surface area contributed by atoms with Gasteiger partial charge in [-0.25, -0.2) is 0 Å². The Balaban J connectivity index is 1.55. The average molecular weight is 376 g/mol. The van der Waals surface area contributed by atoms with Crippen molar-refractivity contribution in [2.45, 2.75) is 26.1 Å². The molecule has 4 aliphatic heterocycles. The van der Waals surface area contributed by atoms with Crippen molar-refractivity contribution >= 4 is 0 Å². The summed E-state index contributed by atoms with van der Waals surface area (Å²) in [5, 5.41) is 0. The Bertz CT molecular complexity index is 759. The highest BCUT2D eigenvalue weighted by atomic mass is 16.5. The number of hydrogen-bond acceptors (Lipinski definition) is 4. The Morgan fingerprint density at radius 1 is 0.571 bits per heavy atom. The van der Waals surface area contributed by atoms with Gasteiger partial charge in [0.2, 0.25) is 0 Å². The predicted molar refractivity (Wildman–Crippen MR) is 108 cm³/mol. The molecule has 4 bridgehead atoms. The summed E-state index contributed by atoms with van der Waals surface area (Å²) < 4.78 is 22.6. The molecule has 0 atom stereocenters. The fraction of sp³-hybridized carbons (Fsp3) is 0.333. The van der Waals surface area contributed by atoms with Crippen LogP contribution in [0.5, 0.6) is 11.5 Å². The van der Waals surface area contributed by atoms with E-state index in [0.717, 1.165) is 35.5 Å². The summed E-state index contributed by atoms with van der Waals surface area (Å²) in [4.78, 5) is 0. The molecule has 144 valence electrons. The molecule has 0 fully saturated rings. The van der Waals surface area contributed by atoms with Crippen molar-refractivity contribution in [2.75, 3.05) is 26.4 Å². The minimum atomic E-state index is 0.349. The van der Waals surface area contributed by atoms with Gasteiger partial charge in [-0.15, -0.1) is 0 Å². The van der Waals surface area contributed by atoms with Crippen LogP contribution in [0.2, 0.25) is 0 Å². The van der Waals surface area contributed by atoms with Gasteiger partial charge in [-0.05, 0) is 60.1 Å². The lowest BCUT2D eigenvalue weighted by molar-refractivity contribution is 0.153. The summed E-state index contributed by atoms with van der Waals surface area (Å²) in [5.74, 6) is 13.0. The summed E-state index contributed by atoms with van der Waals surface area (Å²) >= 11 is 0. The second kappa shape index (κ2) is 11.7. The molecule has 4 aliphatic rings. The lowest BCUT2D eigenvalue weighted by Crippen LogP contribution is -2.03. The van der Waals surface area contributed by atoms with E-state index in [9.17, 15) is 0 Å². The van der Waals surface area contributed by atoms with Gasteiger partial charge in [0.1, 0.15) is 24.7 Å². The third kappa shape index (κ3) is 7.37. The van der Waals surface area contributed by atoms with Gasteiger partial charge in [0.15, 0.2) is 0 Å². The largest absolute Gasteiger partial charge is 0.494 e. The fourth-order valence-electron chi connectivity index (χ4n) is 2.55. The van der Waals surface area contributed by atoms with Crippen molar-refractivity contribution in [3.63, 3.8) is 0 Å². The summed E-state index contributed by atoms with van der Waals surface area (Å²) in [6.07, 6.45) is 1.88. The Morgan fingerprint density at radius 3 is 1.43 bits per heavy atom. The zero-order valence-electron chi connectivity index (χ0n) is 15.9. The predicted octanol–water partition coefficient (Wildman–Crippen LogP) is 3.98. The first-order valence-electron chi connectivity index (χ1n) is 9.45. The minimum Gasteiger partial charge on any atom is -0.494 e. The molecular formula is C24H24O4. The molecule has 0 spiro atoms. The van der Waals surface area contributed by atoms with Crippen LogP contribution >= 0.6 is 0 Å². The van der Waals surface area contributed by atoms with Crippen LogP contribution in [0.25, 0.3) is 0 Å². The summed E-state index contributed by atoms with van der Waals surface area (Å²) in [7, 11) is 0. The highest BCUT2D eigenvalue weighted by Gasteiger charge is 1.99. The molecule has 0 saturated carbocycles. The lowest BCUT2D eigenvalue weighted by Gasteiger charge is -2.09. The van der Waals surface area contributed by atoms with Gasteiger partial charge in [0.05, 0.1) is 26.4 Å². The number of ether oxygens (including phenoxy) is 4. The molecule has 0 unspecified atom stereocenters. The van der Waals surface area contributed by atoms with Crippen LogP contribution in [0.1, 0.15) is 24.0 Å². The zero-order chi connectivity index (χ0) is 19.3. The quantitative estimate of drug-likeness (QED) is 0.652. The highest BCUT2D eigenvalue weighted by Crippen LogP contribution is 2.15. The smallest absolute Gasteiger partial charge is 0.119 e. The second-order valence-corrected chi connectivity index (χ2v) is 6.28. The van der Waals surface area contributed by atoms with Crippen LogP contribution < -0.4 is 9.47 Å². The first kappa shape index (κ1) is 19.8. The maximum atomic E-state index is 5.77. The van der Waals surface area contributed by atoms with Crippen molar-refractivity contribution in [2.24, 2.45) is 0 Å². The van der Waals surface area contributed by atoms with E-state index in [2.05, 4.69) is 23.7 Å². The second-order valence-electron chi connectivity index (χ2n) is 6.28. The molecule has 6 rings (SSSR count). The van der Waals surface area contributed by atoms with Crippen molar-refractivity contribution in [1.82, 2.24) is 0 Å². The molecule has 0 N–H and O–H groups in total. The van der Waals surface area contributed by atoms with Crippen molar-refractivity contribution in [3.8, 4) is 35.2 Å². The normalized spacial score (nSPS) is 15.7. The lowest BCUT2D eigenvalue weighted by atomic mass is 10.2. The third-order valence-corrected chi connectivity index (χ3v) is 4.05. The van der Waals surface area contributed by atoms with Gasteiger partial charge in [-0.2, -0.15) is 0 Å². The van der Waals surface area contributed by atoms with Crippen LogP contribution in [0.3, 0.4) is 0 Å². The third-order valence-electron chi connectivity index (χ3n) is 4.05. The highest BCUT2D eigenvalue weighted by molar-refractivity contribution is 5.28. The van der Waals surface area contributed by atoms with Gasteiger partial charge in [0, 0.05) is 0 Å². The summed E-state index contributed by atoms with van der Waals surface area (Å²) in [6, 6.07) is 15.9. The topological polar surface area (TPSA) is 36.9 Å². The van der Waals surface area contributed by atoms with Gasteiger partial charge in [0.25, 0.3) is 0 Å². The van der Waals surface area contributed by atoms with Gasteiger partial charge in [-0.1, -0.05) is 36.1 Å². The maximum Gasteiger partial charge on any atom is 0.119 e. The molecule has 0 amide bonds. The molecule has 0 aromatic heterocycles. The fourth-order valence-corrected chi connectivity index (χ4v) is 2.55. The van der Waals surface area contributed by atoms with Crippen LogP contribution in [-0.2, 0) is 22.7 Å². The van der Waals surface area contributed by atoms with E-state index in [4.69, 9.17) is 18.9 Å². The molecule has 4 heterocycles. The Hall–Kier alpha value is -2.92. The van der Waals surface area contributed by atoms with Crippen molar-refractivity contribution in [3.05, 3.63) is 59.7 Å². The van der Waals surface area contributed by atoms with E-state index in [1.807, 2.05) is 48.5 Å². The first-order chi connectivity index (χ1) is 13.9. The van der Waals surface area contributed by atoms with Gasteiger partial charge >= 0.3 is 0 Å². The van der Waals surface area contributed by atoms with Crippen molar-refractivity contribution < 1.29 is 18.9 Å². The van der Waals surface area contributed by atoms with E-state index < -0.39 is 0 Å². The summed E-state index contributed by atoms with van der Waals surface area (Å²) in [5.41, 5.74) is 2.17. The van der Waals surface area contributed by atoms with Crippen LogP contribution in [0.4, 0.5) is 0 Å². The summed E-state index contributed by atoms with van der Waals surface area (Å²) in [6.45, 7) is 3.07. The van der Waals surface area contributed by atoms with E-state index in [0.29, 0.717) is 39.6 Å². The zero-order valence-corrected chi connectivity index (χ0v) is 15.9. The molecule has 0 aliphatic carbocycles. The van der Waals surface area contributed by atoms with E-state index in [1.54, 1.807) is 0 Å². The maximum absolute atomic E-state index is 5.77. The molecule has 0 saturated heterocycles.